The van der Waals surface area contributed by atoms with Crippen LogP contribution in [0.4, 0.5) is 10.1 Å². The quantitative estimate of drug-likeness (QED) is 0.785. The van der Waals surface area contributed by atoms with Gasteiger partial charge in [0.05, 0.1) is 11.9 Å². The Morgan fingerprint density at radius 2 is 2.11 bits per heavy atom. The minimum atomic E-state index is -0.319. The molecule has 1 fully saturated rings. The molecule has 0 radical (unpaired) electrons. The molecule has 7 heteroatoms. The standard InChI is InChI=1S/C20H25FN4O2/c1-14(9-15-5-4-6-16(21)10-15)20(27)24-18-11-22-25(12-18)13-19(26)23-17-7-2-3-8-17/h4-6,10-12,14,17H,2-3,7-9,13H2,1H3,(H,23,26)(H,24,27). The number of carbonyl (C=O) groups is 2. The van der Waals surface area contributed by atoms with Gasteiger partial charge in [-0.1, -0.05) is 31.9 Å². The summed E-state index contributed by atoms with van der Waals surface area (Å²) in [6, 6.07) is 6.52. The molecule has 27 heavy (non-hydrogen) atoms. The van der Waals surface area contributed by atoms with Crippen molar-refractivity contribution < 1.29 is 14.0 Å². The molecule has 0 spiro atoms. The molecule has 2 aromatic rings. The lowest BCUT2D eigenvalue weighted by Gasteiger charge is -2.12. The van der Waals surface area contributed by atoms with Crippen LogP contribution in [0.25, 0.3) is 0 Å². The van der Waals surface area contributed by atoms with E-state index in [1.165, 1.54) is 23.0 Å². The van der Waals surface area contributed by atoms with Crippen LogP contribution < -0.4 is 10.6 Å². The predicted octanol–water partition coefficient (Wildman–Crippen LogP) is 2.90. The highest BCUT2D eigenvalue weighted by Gasteiger charge is 2.18. The van der Waals surface area contributed by atoms with Crippen molar-refractivity contribution in [1.29, 1.82) is 0 Å². The highest BCUT2D eigenvalue weighted by atomic mass is 19.1. The minimum Gasteiger partial charge on any atom is -0.352 e. The van der Waals surface area contributed by atoms with Gasteiger partial charge in [-0.3, -0.25) is 14.3 Å². The van der Waals surface area contributed by atoms with Crippen molar-refractivity contribution in [3.8, 4) is 0 Å². The fourth-order valence-electron chi connectivity index (χ4n) is 3.38. The Bertz CT molecular complexity index is 799. The van der Waals surface area contributed by atoms with Crippen molar-refractivity contribution in [1.82, 2.24) is 15.1 Å². The molecule has 3 rings (SSSR count). The summed E-state index contributed by atoms with van der Waals surface area (Å²) in [5.74, 6) is -0.866. The Kier molecular flexibility index (Phi) is 6.21. The third-order valence-corrected chi connectivity index (χ3v) is 4.81. The maximum atomic E-state index is 13.3. The fraction of sp³-hybridized carbons (Fsp3) is 0.450. The molecule has 1 aliphatic carbocycles. The Hall–Kier alpha value is -2.70. The number of benzene rings is 1. The smallest absolute Gasteiger partial charge is 0.241 e. The van der Waals surface area contributed by atoms with Gasteiger partial charge in [-0.25, -0.2) is 4.39 Å². The first-order valence-electron chi connectivity index (χ1n) is 9.37. The Balaban J connectivity index is 1.48. The van der Waals surface area contributed by atoms with Gasteiger partial charge in [0.2, 0.25) is 11.8 Å². The van der Waals surface area contributed by atoms with E-state index in [0.717, 1.165) is 31.2 Å². The van der Waals surface area contributed by atoms with Crippen molar-refractivity contribution in [2.75, 3.05) is 5.32 Å². The number of hydrogen-bond donors (Lipinski definition) is 2. The van der Waals surface area contributed by atoms with Crippen LogP contribution in [0, 0.1) is 11.7 Å². The molecular formula is C20H25FN4O2. The Morgan fingerprint density at radius 3 is 2.85 bits per heavy atom. The van der Waals surface area contributed by atoms with Crippen LogP contribution in [0.15, 0.2) is 36.7 Å². The van der Waals surface area contributed by atoms with E-state index >= 15 is 0 Å². The maximum Gasteiger partial charge on any atom is 0.241 e. The molecule has 1 saturated carbocycles. The van der Waals surface area contributed by atoms with E-state index < -0.39 is 0 Å². The molecule has 2 amide bonds. The second-order valence-corrected chi connectivity index (χ2v) is 7.20. The van der Waals surface area contributed by atoms with E-state index in [9.17, 15) is 14.0 Å². The van der Waals surface area contributed by atoms with Gasteiger partial charge < -0.3 is 10.6 Å². The zero-order chi connectivity index (χ0) is 19.2. The number of hydrogen-bond acceptors (Lipinski definition) is 3. The van der Waals surface area contributed by atoms with Gasteiger partial charge in [-0.2, -0.15) is 5.10 Å². The van der Waals surface area contributed by atoms with Gasteiger partial charge >= 0.3 is 0 Å². The molecule has 1 atom stereocenters. The molecule has 2 N–H and O–H groups in total. The summed E-state index contributed by atoms with van der Waals surface area (Å²) >= 11 is 0. The number of nitrogens with zero attached hydrogens (tertiary/aromatic N) is 2. The summed E-state index contributed by atoms with van der Waals surface area (Å²) in [5, 5.41) is 9.94. The zero-order valence-corrected chi connectivity index (χ0v) is 15.5. The van der Waals surface area contributed by atoms with E-state index in [1.54, 1.807) is 25.3 Å². The van der Waals surface area contributed by atoms with E-state index in [-0.39, 0.29) is 36.1 Å². The third-order valence-electron chi connectivity index (χ3n) is 4.81. The molecular weight excluding hydrogens is 347 g/mol. The molecule has 1 aromatic heterocycles. The minimum absolute atomic E-state index is 0.0673. The van der Waals surface area contributed by atoms with Crippen LogP contribution >= 0.6 is 0 Å². The molecule has 144 valence electrons. The van der Waals surface area contributed by atoms with Gasteiger partial charge in [0, 0.05) is 18.2 Å². The number of aromatic nitrogens is 2. The zero-order valence-electron chi connectivity index (χ0n) is 15.5. The van der Waals surface area contributed by atoms with E-state index in [4.69, 9.17) is 0 Å². The normalized spacial score (nSPS) is 15.5. The third kappa shape index (κ3) is 5.64. The average Bonchev–Trinajstić information content (AvgIpc) is 3.27. The first-order valence-corrected chi connectivity index (χ1v) is 9.37. The van der Waals surface area contributed by atoms with Crippen LogP contribution in [-0.2, 0) is 22.6 Å². The van der Waals surface area contributed by atoms with Crippen molar-refractivity contribution in [2.24, 2.45) is 5.92 Å². The average molecular weight is 372 g/mol. The monoisotopic (exact) mass is 372 g/mol. The van der Waals surface area contributed by atoms with Crippen LogP contribution in [0.3, 0.4) is 0 Å². The fourth-order valence-corrected chi connectivity index (χ4v) is 3.38. The number of halogens is 1. The van der Waals surface area contributed by atoms with Crippen LogP contribution in [0.2, 0.25) is 0 Å². The first-order chi connectivity index (χ1) is 13.0. The lowest BCUT2D eigenvalue weighted by atomic mass is 10.0. The van der Waals surface area contributed by atoms with Crippen molar-refractivity contribution in [2.45, 2.75) is 51.6 Å². The summed E-state index contributed by atoms with van der Waals surface area (Å²) in [6.07, 6.45) is 8.01. The lowest BCUT2D eigenvalue weighted by Crippen LogP contribution is -2.35. The second kappa shape index (κ2) is 8.79. The summed E-state index contributed by atoms with van der Waals surface area (Å²) in [6.45, 7) is 1.92. The summed E-state index contributed by atoms with van der Waals surface area (Å²) < 4.78 is 14.8. The molecule has 6 nitrogen and oxygen atoms in total. The largest absolute Gasteiger partial charge is 0.352 e. The highest BCUT2D eigenvalue weighted by Crippen LogP contribution is 2.17. The van der Waals surface area contributed by atoms with Crippen molar-refractivity contribution in [3.63, 3.8) is 0 Å². The van der Waals surface area contributed by atoms with E-state index in [1.807, 2.05) is 0 Å². The van der Waals surface area contributed by atoms with Gasteiger partial charge in [0.15, 0.2) is 0 Å². The summed E-state index contributed by atoms with van der Waals surface area (Å²) in [5.41, 5.74) is 1.32. The number of amides is 2. The molecule has 1 heterocycles. The molecule has 0 saturated heterocycles. The van der Waals surface area contributed by atoms with Crippen LogP contribution in [0.1, 0.15) is 38.2 Å². The van der Waals surface area contributed by atoms with Crippen molar-refractivity contribution >= 4 is 17.5 Å². The van der Waals surface area contributed by atoms with Gasteiger partial charge in [-0.15, -0.1) is 0 Å². The highest BCUT2D eigenvalue weighted by molar-refractivity contribution is 5.92. The SMILES string of the molecule is CC(Cc1cccc(F)c1)C(=O)Nc1cnn(CC(=O)NC2CCCC2)c1. The number of rotatable bonds is 7. The molecule has 0 aliphatic heterocycles. The predicted molar refractivity (Wildman–Crippen MR) is 101 cm³/mol. The van der Waals surface area contributed by atoms with Crippen LogP contribution in [0.5, 0.6) is 0 Å². The topological polar surface area (TPSA) is 76.0 Å². The Morgan fingerprint density at radius 1 is 1.33 bits per heavy atom. The molecule has 1 aliphatic rings. The second-order valence-electron chi connectivity index (χ2n) is 7.20. The van der Waals surface area contributed by atoms with Gasteiger partial charge in [0.25, 0.3) is 0 Å². The number of carbonyl (C=O) groups excluding carboxylic acids is 2. The summed E-state index contributed by atoms with van der Waals surface area (Å²) in [7, 11) is 0. The molecule has 0 bridgehead atoms. The Labute approximate surface area is 158 Å². The van der Waals surface area contributed by atoms with Crippen molar-refractivity contribution in [3.05, 3.63) is 48.0 Å². The first kappa shape index (κ1) is 19.1. The number of anilines is 1. The maximum absolute atomic E-state index is 13.3. The van der Waals surface area contributed by atoms with E-state index in [0.29, 0.717) is 12.1 Å². The van der Waals surface area contributed by atoms with Gasteiger partial charge in [0.1, 0.15) is 12.4 Å². The summed E-state index contributed by atoms with van der Waals surface area (Å²) in [4.78, 5) is 24.4. The van der Waals surface area contributed by atoms with Gasteiger partial charge in [-0.05, 0) is 37.0 Å². The molecule has 1 aromatic carbocycles. The lowest BCUT2D eigenvalue weighted by molar-refractivity contribution is -0.122. The van der Waals surface area contributed by atoms with E-state index in [2.05, 4.69) is 15.7 Å². The number of nitrogens with one attached hydrogen (secondary N) is 2. The van der Waals surface area contributed by atoms with Crippen LogP contribution in [-0.4, -0.2) is 27.6 Å². The molecule has 1 unspecified atom stereocenters.